The third-order valence-electron chi connectivity index (χ3n) is 4.11. The zero-order valence-corrected chi connectivity index (χ0v) is 12.4. The molecule has 2 unspecified atom stereocenters. The van der Waals surface area contributed by atoms with Crippen LogP contribution >= 0.6 is 11.6 Å². The van der Waals surface area contributed by atoms with Crippen molar-refractivity contribution in [2.45, 2.75) is 38.1 Å². The number of hydrogen-bond donors (Lipinski definition) is 2. The van der Waals surface area contributed by atoms with Crippen LogP contribution in [0.4, 0.5) is 0 Å². The van der Waals surface area contributed by atoms with Gasteiger partial charge in [0.2, 0.25) is 0 Å². The zero-order chi connectivity index (χ0) is 14.9. The maximum Gasteiger partial charge on any atom is 0.308 e. The smallest absolute Gasteiger partial charge is 0.308 e. The van der Waals surface area contributed by atoms with Gasteiger partial charge in [0.05, 0.1) is 16.5 Å². The Kier molecular flexibility index (Phi) is 4.09. The lowest BCUT2D eigenvalue weighted by atomic mass is 9.74. The summed E-state index contributed by atoms with van der Waals surface area (Å²) in [6.07, 6.45) is 4.73. The number of halogens is 1. The second kappa shape index (κ2) is 5.48. The zero-order valence-electron chi connectivity index (χ0n) is 11.6. The van der Waals surface area contributed by atoms with E-state index in [1.54, 1.807) is 23.9 Å². The van der Waals surface area contributed by atoms with Gasteiger partial charge in [0, 0.05) is 13.2 Å². The molecule has 1 amide bonds. The lowest BCUT2D eigenvalue weighted by molar-refractivity contribution is -0.145. The minimum atomic E-state index is -0.850. The molecule has 2 atom stereocenters. The molecule has 2 N–H and O–H groups in total. The van der Waals surface area contributed by atoms with Gasteiger partial charge in [-0.25, -0.2) is 0 Å². The fourth-order valence-electron chi connectivity index (χ4n) is 2.95. The minimum Gasteiger partial charge on any atom is -0.481 e. The number of hydrogen-bond acceptors (Lipinski definition) is 2. The first-order chi connectivity index (χ1) is 9.33. The number of carboxylic acid groups (broad SMARTS) is 1. The van der Waals surface area contributed by atoms with Crippen molar-refractivity contribution in [3.63, 3.8) is 0 Å². The van der Waals surface area contributed by atoms with Crippen molar-refractivity contribution in [2.24, 2.45) is 13.0 Å². The molecule has 1 aliphatic carbocycles. The second-order valence-electron chi connectivity index (χ2n) is 5.66. The van der Waals surface area contributed by atoms with E-state index < -0.39 is 17.4 Å². The third-order valence-corrected chi connectivity index (χ3v) is 4.32. The van der Waals surface area contributed by atoms with Gasteiger partial charge >= 0.3 is 5.97 Å². The molecule has 6 heteroatoms. The van der Waals surface area contributed by atoms with Gasteiger partial charge in [0.1, 0.15) is 5.69 Å². The van der Waals surface area contributed by atoms with Crippen molar-refractivity contribution in [1.29, 1.82) is 0 Å². The first-order valence-electron chi connectivity index (χ1n) is 6.71. The molecule has 20 heavy (non-hydrogen) atoms. The van der Waals surface area contributed by atoms with Crippen molar-refractivity contribution >= 4 is 23.5 Å². The molecule has 0 radical (unpaired) electrons. The Bertz CT molecular complexity index is 541. The number of aliphatic carboxylic acids is 1. The standard InChI is InChI=1S/C14H19ClN2O3/c1-14(6-4-3-5-10(14)13(19)20)16-12(18)11-7-9(15)8-17(11)2/h7-8,10H,3-6H2,1-2H3,(H,16,18)(H,19,20). The number of nitrogens with zero attached hydrogens (tertiary/aromatic N) is 1. The highest BCUT2D eigenvalue weighted by Gasteiger charge is 2.42. The predicted octanol–water partition coefficient (Wildman–Crippen LogP) is 2.44. The second-order valence-corrected chi connectivity index (χ2v) is 6.10. The molecule has 1 saturated carbocycles. The molecule has 0 aliphatic heterocycles. The number of carbonyl (C=O) groups excluding carboxylic acids is 1. The molecule has 1 aromatic heterocycles. The summed E-state index contributed by atoms with van der Waals surface area (Å²) in [5.41, 5.74) is -0.274. The Balaban J connectivity index is 2.20. The van der Waals surface area contributed by atoms with Crippen LogP contribution in [0.1, 0.15) is 43.1 Å². The van der Waals surface area contributed by atoms with Crippen LogP contribution in [0, 0.1) is 5.92 Å². The fraction of sp³-hybridized carbons (Fsp3) is 0.571. The van der Waals surface area contributed by atoms with Crippen LogP contribution < -0.4 is 5.32 Å². The average molecular weight is 299 g/mol. The van der Waals surface area contributed by atoms with Gasteiger partial charge < -0.3 is 15.0 Å². The summed E-state index contributed by atoms with van der Waals surface area (Å²) in [5.74, 6) is -1.68. The SMILES string of the molecule is Cn1cc(Cl)cc1C(=O)NC1(C)CCCCC1C(=O)O. The van der Waals surface area contributed by atoms with E-state index in [1.165, 1.54) is 0 Å². The topological polar surface area (TPSA) is 71.3 Å². The van der Waals surface area contributed by atoms with Crippen molar-refractivity contribution in [3.05, 3.63) is 23.0 Å². The maximum atomic E-state index is 12.3. The van der Waals surface area contributed by atoms with Crippen LogP contribution in [0.15, 0.2) is 12.3 Å². The Morgan fingerprint density at radius 3 is 2.75 bits per heavy atom. The molecule has 0 aromatic carbocycles. The summed E-state index contributed by atoms with van der Waals surface area (Å²) < 4.78 is 1.64. The number of carbonyl (C=O) groups is 2. The van der Waals surface area contributed by atoms with E-state index >= 15 is 0 Å². The van der Waals surface area contributed by atoms with E-state index in [0.29, 0.717) is 23.6 Å². The van der Waals surface area contributed by atoms with Crippen LogP contribution in [0.25, 0.3) is 0 Å². The van der Waals surface area contributed by atoms with Gasteiger partial charge in [-0.1, -0.05) is 24.4 Å². The van der Waals surface area contributed by atoms with Crippen LogP contribution in [0.2, 0.25) is 5.02 Å². The van der Waals surface area contributed by atoms with Crippen LogP contribution in [-0.2, 0) is 11.8 Å². The molecule has 0 saturated heterocycles. The van der Waals surface area contributed by atoms with Gasteiger partial charge in [0.15, 0.2) is 0 Å². The van der Waals surface area contributed by atoms with E-state index in [-0.39, 0.29) is 5.91 Å². The Morgan fingerprint density at radius 2 is 2.20 bits per heavy atom. The maximum absolute atomic E-state index is 12.3. The van der Waals surface area contributed by atoms with Gasteiger partial charge in [0.25, 0.3) is 5.91 Å². The Morgan fingerprint density at radius 1 is 1.50 bits per heavy atom. The van der Waals surface area contributed by atoms with E-state index in [1.807, 2.05) is 6.92 Å². The molecule has 0 bridgehead atoms. The fourth-order valence-corrected chi connectivity index (χ4v) is 3.20. The summed E-state index contributed by atoms with van der Waals surface area (Å²) in [4.78, 5) is 23.7. The minimum absolute atomic E-state index is 0.282. The van der Waals surface area contributed by atoms with Gasteiger partial charge in [-0.2, -0.15) is 0 Å². The number of aryl methyl sites for hydroxylation is 1. The summed E-state index contributed by atoms with van der Waals surface area (Å²) in [6.45, 7) is 1.81. The summed E-state index contributed by atoms with van der Waals surface area (Å²) in [5, 5.41) is 12.7. The van der Waals surface area contributed by atoms with E-state index in [0.717, 1.165) is 12.8 Å². The number of carboxylic acids is 1. The molecule has 1 aliphatic rings. The first-order valence-corrected chi connectivity index (χ1v) is 7.08. The summed E-state index contributed by atoms with van der Waals surface area (Å²) in [7, 11) is 1.73. The van der Waals surface area contributed by atoms with E-state index in [9.17, 15) is 14.7 Å². The largest absolute Gasteiger partial charge is 0.481 e. The molecule has 2 rings (SSSR count). The number of rotatable bonds is 3. The molecule has 5 nitrogen and oxygen atoms in total. The van der Waals surface area contributed by atoms with Gasteiger partial charge in [-0.3, -0.25) is 9.59 Å². The van der Waals surface area contributed by atoms with Gasteiger partial charge in [-0.15, -0.1) is 0 Å². The normalized spacial score (nSPS) is 26.2. The predicted molar refractivity (Wildman–Crippen MR) is 75.9 cm³/mol. The monoisotopic (exact) mass is 298 g/mol. The van der Waals surface area contributed by atoms with Crippen molar-refractivity contribution in [1.82, 2.24) is 9.88 Å². The number of amides is 1. The molecule has 1 fully saturated rings. The van der Waals surface area contributed by atoms with Crippen LogP contribution in [-0.4, -0.2) is 27.1 Å². The number of aromatic nitrogens is 1. The first kappa shape index (κ1) is 14.9. The van der Waals surface area contributed by atoms with Crippen molar-refractivity contribution in [2.75, 3.05) is 0 Å². The highest BCUT2D eigenvalue weighted by molar-refractivity contribution is 6.31. The Labute approximate surface area is 122 Å². The van der Waals surface area contributed by atoms with Gasteiger partial charge in [-0.05, 0) is 25.8 Å². The van der Waals surface area contributed by atoms with Crippen LogP contribution in [0.3, 0.4) is 0 Å². The van der Waals surface area contributed by atoms with E-state index in [2.05, 4.69) is 5.32 Å². The molecular formula is C14H19ClN2O3. The lowest BCUT2D eigenvalue weighted by Gasteiger charge is -2.39. The summed E-state index contributed by atoms with van der Waals surface area (Å²) >= 11 is 5.87. The summed E-state index contributed by atoms with van der Waals surface area (Å²) in [6, 6.07) is 1.58. The molecule has 0 spiro atoms. The lowest BCUT2D eigenvalue weighted by Crippen LogP contribution is -2.55. The highest BCUT2D eigenvalue weighted by Crippen LogP contribution is 2.34. The average Bonchev–Trinajstić information content (AvgIpc) is 2.68. The van der Waals surface area contributed by atoms with Crippen molar-refractivity contribution < 1.29 is 14.7 Å². The van der Waals surface area contributed by atoms with Crippen molar-refractivity contribution in [3.8, 4) is 0 Å². The Hall–Kier alpha value is -1.49. The molecule has 110 valence electrons. The number of nitrogens with one attached hydrogen (secondary N) is 1. The molecule has 1 heterocycles. The highest BCUT2D eigenvalue weighted by atomic mass is 35.5. The van der Waals surface area contributed by atoms with E-state index in [4.69, 9.17) is 11.6 Å². The third kappa shape index (κ3) is 2.82. The molecule has 1 aromatic rings. The molecular weight excluding hydrogens is 280 g/mol. The quantitative estimate of drug-likeness (QED) is 0.900. The van der Waals surface area contributed by atoms with Crippen LogP contribution in [0.5, 0.6) is 0 Å².